The van der Waals surface area contributed by atoms with Crippen molar-refractivity contribution in [2.75, 3.05) is 0 Å². The fourth-order valence-electron chi connectivity index (χ4n) is 0.344. The lowest BCUT2D eigenvalue weighted by Crippen LogP contribution is -2.19. The number of alkyl halides is 1. The number of hydrogen-bond acceptors (Lipinski definition) is 1. The molecule has 0 saturated heterocycles. The molecule has 0 bridgehead atoms. The molecule has 0 fully saturated rings. The predicted molar refractivity (Wildman–Crippen MR) is 36.6 cm³/mol. The van der Waals surface area contributed by atoms with E-state index in [4.69, 9.17) is 16.7 Å². The van der Waals surface area contributed by atoms with Gasteiger partial charge in [0.2, 0.25) is 0 Å². The van der Waals surface area contributed by atoms with Crippen LogP contribution < -0.4 is 0 Å². The normalized spacial score (nSPS) is 16.2. The average molecular weight is 149 g/mol. The lowest BCUT2D eigenvalue weighted by molar-refractivity contribution is -0.137. The van der Waals surface area contributed by atoms with Crippen molar-refractivity contribution >= 4 is 17.6 Å². The molecule has 0 aromatic heterocycles. The van der Waals surface area contributed by atoms with Crippen LogP contribution in [0.4, 0.5) is 0 Å². The third kappa shape index (κ3) is 2.51. The maximum atomic E-state index is 10.1. The lowest BCUT2D eigenvalue weighted by atomic mass is 10.1. The van der Waals surface area contributed by atoms with Gasteiger partial charge in [0.1, 0.15) is 5.38 Å². The van der Waals surface area contributed by atoms with E-state index >= 15 is 0 Å². The summed E-state index contributed by atoms with van der Waals surface area (Å²) in [5.74, 6) is -1.17. The van der Waals surface area contributed by atoms with Gasteiger partial charge < -0.3 is 5.11 Å². The van der Waals surface area contributed by atoms with E-state index in [1.54, 1.807) is 6.92 Å². The van der Waals surface area contributed by atoms with Gasteiger partial charge in [-0.25, -0.2) is 0 Å². The Labute approximate surface area is 59.1 Å². The molecule has 2 atom stereocenters. The van der Waals surface area contributed by atoms with E-state index in [0.717, 1.165) is 0 Å². The monoisotopic (exact) mass is 148 g/mol. The molecule has 9 heavy (non-hydrogen) atoms. The number of carboxylic acid groups (broad SMARTS) is 1. The van der Waals surface area contributed by atoms with Crippen LogP contribution in [0, 0.1) is 5.92 Å². The standard InChI is InChI=1S/C6H9ClO2/c1-3-4(2)5(7)6(8)9/h3-5H,1H2,2H3,(H,8,9)/t4-,5-/m0/s1. The van der Waals surface area contributed by atoms with Crippen molar-refractivity contribution in [1.29, 1.82) is 0 Å². The molecule has 2 nitrogen and oxygen atoms in total. The Bertz CT molecular complexity index is 122. The Morgan fingerprint density at radius 3 is 2.44 bits per heavy atom. The molecule has 0 aliphatic carbocycles. The molecule has 0 heterocycles. The summed E-state index contributed by atoms with van der Waals surface area (Å²) in [6.45, 7) is 5.12. The fraction of sp³-hybridized carbons (Fsp3) is 0.500. The van der Waals surface area contributed by atoms with E-state index in [9.17, 15) is 4.79 Å². The topological polar surface area (TPSA) is 37.3 Å². The van der Waals surface area contributed by atoms with Crippen LogP contribution in [0.1, 0.15) is 6.92 Å². The number of allylic oxidation sites excluding steroid dienone is 1. The Morgan fingerprint density at radius 1 is 1.89 bits per heavy atom. The number of halogens is 1. The van der Waals surface area contributed by atoms with Crippen LogP contribution in [-0.2, 0) is 4.79 Å². The molecular formula is C6H9ClO2. The molecule has 0 radical (unpaired) electrons. The molecule has 1 N–H and O–H groups in total. The van der Waals surface area contributed by atoms with Gasteiger partial charge in [-0.05, 0) is 0 Å². The molecule has 0 spiro atoms. The molecule has 0 aromatic rings. The average Bonchev–Trinajstić information content (AvgIpc) is 1.84. The summed E-state index contributed by atoms with van der Waals surface area (Å²) in [5.41, 5.74) is 0. The highest BCUT2D eigenvalue weighted by Crippen LogP contribution is 2.10. The van der Waals surface area contributed by atoms with Crippen molar-refractivity contribution in [1.82, 2.24) is 0 Å². The first kappa shape index (κ1) is 8.50. The summed E-state index contributed by atoms with van der Waals surface area (Å²) in [6.07, 6.45) is 1.52. The largest absolute Gasteiger partial charge is 0.480 e. The van der Waals surface area contributed by atoms with Gasteiger partial charge in [-0.15, -0.1) is 18.2 Å². The number of hydrogen-bond donors (Lipinski definition) is 1. The summed E-state index contributed by atoms with van der Waals surface area (Å²) < 4.78 is 0. The smallest absolute Gasteiger partial charge is 0.322 e. The lowest BCUT2D eigenvalue weighted by Gasteiger charge is -2.06. The van der Waals surface area contributed by atoms with Gasteiger partial charge in [0.05, 0.1) is 0 Å². The van der Waals surface area contributed by atoms with Gasteiger partial charge in [0.15, 0.2) is 0 Å². The van der Waals surface area contributed by atoms with Crippen LogP contribution >= 0.6 is 11.6 Å². The van der Waals surface area contributed by atoms with Crippen molar-refractivity contribution in [3.63, 3.8) is 0 Å². The summed E-state index contributed by atoms with van der Waals surface area (Å²) in [7, 11) is 0. The number of rotatable bonds is 3. The zero-order valence-corrected chi connectivity index (χ0v) is 5.93. The van der Waals surface area contributed by atoms with Crippen molar-refractivity contribution in [2.45, 2.75) is 12.3 Å². The van der Waals surface area contributed by atoms with E-state index in [1.807, 2.05) is 0 Å². The summed E-state index contributed by atoms with van der Waals surface area (Å²) in [5, 5.41) is 7.46. The molecule has 3 heteroatoms. The van der Waals surface area contributed by atoms with Crippen molar-refractivity contribution in [3.8, 4) is 0 Å². The number of carbonyl (C=O) groups is 1. The molecule has 0 unspecified atom stereocenters. The summed E-state index contributed by atoms with van der Waals surface area (Å²) in [6, 6.07) is 0. The summed E-state index contributed by atoms with van der Waals surface area (Å²) >= 11 is 5.40. The Kier molecular flexibility index (Phi) is 3.32. The van der Waals surface area contributed by atoms with Gasteiger partial charge in [0, 0.05) is 5.92 Å². The second-order valence-corrected chi connectivity index (χ2v) is 2.31. The van der Waals surface area contributed by atoms with Gasteiger partial charge in [0.25, 0.3) is 0 Å². The van der Waals surface area contributed by atoms with E-state index in [-0.39, 0.29) is 5.92 Å². The molecule has 52 valence electrons. The first-order chi connectivity index (χ1) is 4.09. The Morgan fingerprint density at radius 2 is 2.33 bits per heavy atom. The van der Waals surface area contributed by atoms with Crippen molar-refractivity contribution in [3.05, 3.63) is 12.7 Å². The van der Waals surface area contributed by atoms with Crippen LogP contribution in [0.25, 0.3) is 0 Å². The predicted octanol–water partition coefficient (Wildman–Crippen LogP) is 1.50. The van der Waals surface area contributed by atoms with Crippen LogP contribution in [0.2, 0.25) is 0 Å². The summed E-state index contributed by atoms with van der Waals surface area (Å²) in [4.78, 5) is 10.1. The quantitative estimate of drug-likeness (QED) is 0.487. The SMILES string of the molecule is C=C[C@H](C)[C@H](Cl)C(=O)O. The molecule has 0 amide bonds. The minimum atomic E-state index is -0.996. The van der Waals surface area contributed by atoms with Crippen LogP contribution in [-0.4, -0.2) is 16.5 Å². The minimum absolute atomic E-state index is 0.177. The second-order valence-electron chi connectivity index (χ2n) is 1.83. The number of aliphatic carboxylic acids is 1. The Balaban J connectivity index is 3.86. The molecule has 0 aliphatic rings. The maximum absolute atomic E-state index is 10.1. The minimum Gasteiger partial charge on any atom is -0.480 e. The highest BCUT2D eigenvalue weighted by Gasteiger charge is 2.18. The van der Waals surface area contributed by atoms with E-state index < -0.39 is 11.3 Å². The third-order valence-electron chi connectivity index (χ3n) is 1.07. The maximum Gasteiger partial charge on any atom is 0.322 e. The van der Waals surface area contributed by atoms with Crippen molar-refractivity contribution in [2.24, 2.45) is 5.92 Å². The van der Waals surface area contributed by atoms with Crippen LogP contribution in [0.5, 0.6) is 0 Å². The zero-order chi connectivity index (χ0) is 7.44. The van der Waals surface area contributed by atoms with E-state index in [0.29, 0.717) is 0 Å². The first-order valence-corrected chi connectivity index (χ1v) is 3.02. The molecule has 0 rings (SSSR count). The second kappa shape index (κ2) is 3.51. The zero-order valence-electron chi connectivity index (χ0n) is 5.17. The van der Waals surface area contributed by atoms with Gasteiger partial charge in [-0.3, -0.25) is 4.79 Å². The van der Waals surface area contributed by atoms with E-state index in [2.05, 4.69) is 6.58 Å². The molecule has 0 saturated carbocycles. The molecule has 0 aliphatic heterocycles. The van der Waals surface area contributed by atoms with Crippen LogP contribution in [0.15, 0.2) is 12.7 Å². The molecular weight excluding hydrogens is 140 g/mol. The van der Waals surface area contributed by atoms with Gasteiger partial charge in [-0.1, -0.05) is 13.0 Å². The first-order valence-electron chi connectivity index (χ1n) is 2.59. The van der Waals surface area contributed by atoms with Gasteiger partial charge in [-0.2, -0.15) is 0 Å². The fourth-order valence-corrected chi connectivity index (χ4v) is 0.447. The third-order valence-corrected chi connectivity index (χ3v) is 1.65. The highest BCUT2D eigenvalue weighted by molar-refractivity contribution is 6.29. The van der Waals surface area contributed by atoms with Crippen LogP contribution in [0.3, 0.4) is 0 Å². The van der Waals surface area contributed by atoms with Gasteiger partial charge >= 0.3 is 5.97 Å². The Hall–Kier alpha value is -0.500. The number of carboxylic acids is 1. The highest BCUT2D eigenvalue weighted by atomic mass is 35.5. The molecule has 0 aromatic carbocycles. The van der Waals surface area contributed by atoms with Crippen molar-refractivity contribution < 1.29 is 9.90 Å². The van der Waals surface area contributed by atoms with E-state index in [1.165, 1.54) is 6.08 Å².